The smallest absolute Gasteiger partial charge is 0.318 e. The average molecular weight is 421 g/mol. The van der Waals surface area contributed by atoms with Gasteiger partial charge in [-0.2, -0.15) is 0 Å². The molecule has 0 bridgehead atoms. The van der Waals surface area contributed by atoms with Crippen molar-refractivity contribution in [2.75, 3.05) is 44.7 Å². The third kappa shape index (κ3) is 7.16. The highest BCUT2D eigenvalue weighted by Crippen LogP contribution is 2.27. The van der Waals surface area contributed by atoms with Crippen LogP contribution in [0.15, 0.2) is 24.3 Å². The number of halogens is 1. The maximum atomic E-state index is 13.0. The Balaban J connectivity index is 1.49. The zero-order valence-electron chi connectivity index (χ0n) is 17.5. The lowest BCUT2D eigenvalue weighted by Gasteiger charge is -2.31. The summed E-state index contributed by atoms with van der Waals surface area (Å²) in [7, 11) is 0. The van der Waals surface area contributed by atoms with E-state index in [1.54, 1.807) is 17.0 Å². The summed E-state index contributed by atoms with van der Waals surface area (Å²) >= 11 is 0. The fourth-order valence-electron chi connectivity index (χ4n) is 4.08. The summed E-state index contributed by atoms with van der Waals surface area (Å²) in [5.41, 5.74) is 0.796. The normalized spacial score (nSPS) is 18.5. The van der Waals surface area contributed by atoms with E-state index < -0.39 is 6.04 Å². The summed E-state index contributed by atoms with van der Waals surface area (Å²) in [6.07, 6.45) is 6.54. The third-order valence-electron chi connectivity index (χ3n) is 5.80. The molecule has 2 fully saturated rings. The molecule has 1 heterocycles. The van der Waals surface area contributed by atoms with E-state index in [4.69, 9.17) is 4.74 Å². The van der Waals surface area contributed by atoms with Gasteiger partial charge in [0.15, 0.2) is 0 Å². The highest BCUT2D eigenvalue weighted by atomic mass is 19.1. The Labute approximate surface area is 177 Å². The monoisotopic (exact) mass is 420 g/mol. The van der Waals surface area contributed by atoms with Gasteiger partial charge in [-0.1, -0.05) is 32.1 Å². The Bertz CT molecular complexity index is 673. The lowest BCUT2D eigenvalue weighted by atomic mass is 9.84. The molecule has 3 rings (SSSR count). The second kappa shape index (κ2) is 11.7. The number of benzene rings is 1. The number of morpholine rings is 1. The minimum Gasteiger partial charge on any atom is -0.383 e. The van der Waals surface area contributed by atoms with Crippen molar-refractivity contribution in [3.8, 4) is 0 Å². The van der Waals surface area contributed by atoms with Crippen LogP contribution in [0.2, 0.25) is 0 Å². The van der Waals surface area contributed by atoms with Crippen LogP contribution in [0.3, 0.4) is 0 Å². The Morgan fingerprint density at radius 3 is 2.47 bits per heavy atom. The van der Waals surface area contributed by atoms with E-state index >= 15 is 0 Å². The van der Waals surface area contributed by atoms with Crippen LogP contribution < -0.4 is 16.0 Å². The molecule has 7 nitrogen and oxygen atoms in total. The molecule has 0 radical (unpaired) electrons. The zero-order valence-corrected chi connectivity index (χ0v) is 17.5. The molecule has 1 atom stereocenters. The van der Waals surface area contributed by atoms with Crippen LogP contribution in [0.25, 0.3) is 0 Å². The molecule has 3 N–H and O–H groups in total. The first-order valence-electron chi connectivity index (χ1n) is 11.0. The predicted octanol–water partition coefficient (Wildman–Crippen LogP) is 2.73. The van der Waals surface area contributed by atoms with Gasteiger partial charge in [0.25, 0.3) is 0 Å². The van der Waals surface area contributed by atoms with Gasteiger partial charge in [0, 0.05) is 31.9 Å². The van der Waals surface area contributed by atoms with Crippen molar-refractivity contribution in [1.29, 1.82) is 0 Å². The quantitative estimate of drug-likeness (QED) is 0.565. The highest BCUT2D eigenvalue weighted by molar-refractivity contribution is 5.87. The van der Waals surface area contributed by atoms with Gasteiger partial charge in [-0.25, -0.2) is 9.18 Å². The van der Waals surface area contributed by atoms with Crippen LogP contribution >= 0.6 is 0 Å². The van der Waals surface area contributed by atoms with E-state index in [9.17, 15) is 14.0 Å². The van der Waals surface area contributed by atoms with Crippen molar-refractivity contribution < 1.29 is 18.7 Å². The van der Waals surface area contributed by atoms with Crippen molar-refractivity contribution in [3.63, 3.8) is 0 Å². The maximum Gasteiger partial charge on any atom is 0.318 e. The van der Waals surface area contributed by atoms with Crippen molar-refractivity contribution in [2.24, 2.45) is 5.92 Å². The molecular formula is C22H33FN4O3. The van der Waals surface area contributed by atoms with Crippen LogP contribution in [-0.4, -0.2) is 62.3 Å². The number of anilines is 1. The topological polar surface area (TPSA) is 82.7 Å². The molecule has 0 aromatic heterocycles. The van der Waals surface area contributed by atoms with Crippen molar-refractivity contribution in [3.05, 3.63) is 30.1 Å². The van der Waals surface area contributed by atoms with Gasteiger partial charge < -0.3 is 25.6 Å². The first-order chi connectivity index (χ1) is 14.6. The van der Waals surface area contributed by atoms with Gasteiger partial charge in [0.2, 0.25) is 5.91 Å². The van der Waals surface area contributed by atoms with E-state index in [1.807, 2.05) is 0 Å². The van der Waals surface area contributed by atoms with E-state index in [0.29, 0.717) is 51.7 Å². The predicted molar refractivity (Wildman–Crippen MR) is 114 cm³/mol. The SMILES string of the molecule is O=C(NCCNc1ccc(F)cc1)[C@H](CC1CCCCC1)NC(=O)N1CCOCC1. The molecule has 3 amide bonds. The van der Waals surface area contributed by atoms with Gasteiger partial charge in [-0.05, 0) is 36.6 Å². The van der Waals surface area contributed by atoms with Crippen LogP contribution in [0.5, 0.6) is 0 Å². The summed E-state index contributed by atoms with van der Waals surface area (Å²) < 4.78 is 18.3. The fourth-order valence-corrected chi connectivity index (χ4v) is 4.08. The van der Waals surface area contributed by atoms with Crippen LogP contribution in [0, 0.1) is 11.7 Å². The first-order valence-corrected chi connectivity index (χ1v) is 11.0. The van der Waals surface area contributed by atoms with Crippen LogP contribution in [-0.2, 0) is 9.53 Å². The molecule has 1 aliphatic heterocycles. The van der Waals surface area contributed by atoms with Crippen LogP contribution in [0.1, 0.15) is 38.5 Å². The molecule has 30 heavy (non-hydrogen) atoms. The molecule has 1 aromatic carbocycles. The number of carbonyl (C=O) groups is 2. The Kier molecular flexibility index (Phi) is 8.74. The average Bonchev–Trinajstić information content (AvgIpc) is 2.78. The van der Waals surface area contributed by atoms with Gasteiger partial charge in [-0.3, -0.25) is 4.79 Å². The summed E-state index contributed by atoms with van der Waals surface area (Å²) in [5.74, 6) is 0.0373. The summed E-state index contributed by atoms with van der Waals surface area (Å²) in [6.45, 7) is 3.09. The fraction of sp³-hybridized carbons (Fsp3) is 0.636. The number of amides is 3. The molecular weight excluding hydrogens is 387 g/mol. The lowest BCUT2D eigenvalue weighted by Crippen LogP contribution is -2.54. The Morgan fingerprint density at radius 1 is 1.07 bits per heavy atom. The standard InChI is InChI=1S/C22H33FN4O3/c23-18-6-8-19(9-7-18)24-10-11-25-21(28)20(16-17-4-2-1-3-5-17)26-22(29)27-12-14-30-15-13-27/h6-9,17,20,24H,1-5,10-16H2,(H,25,28)(H,26,29)/t20-/m0/s1. The molecule has 1 saturated heterocycles. The molecule has 8 heteroatoms. The summed E-state index contributed by atoms with van der Waals surface area (Å²) in [5, 5.41) is 9.03. The second-order valence-corrected chi connectivity index (χ2v) is 8.07. The Hall–Kier alpha value is -2.35. The van der Waals surface area contributed by atoms with Gasteiger partial charge >= 0.3 is 6.03 Å². The van der Waals surface area contributed by atoms with E-state index in [0.717, 1.165) is 18.5 Å². The number of ether oxygens (including phenoxy) is 1. The third-order valence-corrected chi connectivity index (χ3v) is 5.80. The molecule has 1 aromatic rings. The zero-order chi connectivity index (χ0) is 21.2. The molecule has 166 valence electrons. The van der Waals surface area contributed by atoms with E-state index in [-0.39, 0.29) is 17.8 Å². The number of nitrogens with zero attached hydrogens (tertiary/aromatic N) is 1. The van der Waals surface area contributed by atoms with E-state index in [2.05, 4.69) is 16.0 Å². The molecule has 0 spiro atoms. The molecule has 2 aliphatic rings. The van der Waals surface area contributed by atoms with Gasteiger partial charge in [0.1, 0.15) is 11.9 Å². The number of nitrogens with one attached hydrogen (secondary N) is 3. The minimum atomic E-state index is -0.533. The number of hydrogen-bond donors (Lipinski definition) is 3. The number of rotatable bonds is 8. The minimum absolute atomic E-state index is 0.150. The summed E-state index contributed by atoms with van der Waals surface area (Å²) in [6, 6.07) is 5.37. The van der Waals surface area contributed by atoms with Crippen LogP contribution in [0.4, 0.5) is 14.9 Å². The van der Waals surface area contributed by atoms with Gasteiger partial charge in [-0.15, -0.1) is 0 Å². The number of hydrogen-bond acceptors (Lipinski definition) is 4. The number of urea groups is 1. The molecule has 0 unspecified atom stereocenters. The second-order valence-electron chi connectivity index (χ2n) is 8.07. The maximum absolute atomic E-state index is 13.0. The number of carbonyl (C=O) groups excluding carboxylic acids is 2. The van der Waals surface area contributed by atoms with Crippen molar-refractivity contribution in [2.45, 2.75) is 44.6 Å². The largest absolute Gasteiger partial charge is 0.383 e. The molecule has 1 saturated carbocycles. The highest BCUT2D eigenvalue weighted by Gasteiger charge is 2.28. The Morgan fingerprint density at radius 2 is 1.77 bits per heavy atom. The van der Waals surface area contributed by atoms with Crippen molar-refractivity contribution >= 4 is 17.6 Å². The van der Waals surface area contributed by atoms with E-state index in [1.165, 1.54) is 31.4 Å². The first kappa shape index (κ1) is 22.3. The summed E-state index contributed by atoms with van der Waals surface area (Å²) in [4.78, 5) is 27.2. The van der Waals surface area contributed by atoms with Gasteiger partial charge in [0.05, 0.1) is 13.2 Å². The molecule has 1 aliphatic carbocycles. The van der Waals surface area contributed by atoms with Crippen molar-refractivity contribution in [1.82, 2.24) is 15.5 Å². The lowest BCUT2D eigenvalue weighted by molar-refractivity contribution is -0.123.